The minimum absolute atomic E-state index is 0.106. The lowest BCUT2D eigenvalue weighted by Gasteiger charge is -2.14. The highest BCUT2D eigenvalue weighted by Gasteiger charge is 2.47. The number of thioether (sulfide) groups is 1. The summed E-state index contributed by atoms with van der Waals surface area (Å²) in [5.74, 6) is 0.410. The highest BCUT2D eigenvalue weighted by atomic mass is 32.2. The first kappa shape index (κ1) is 20.1. The van der Waals surface area contributed by atoms with Crippen molar-refractivity contribution in [3.8, 4) is 0 Å². The van der Waals surface area contributed by atoms with Gasteiger partial charge in [-0.1, -0.05) is 0 Å². The van der Waals surface area contributed by atoms with Gasteiger partial charge < -0.3 is 20.7 Å². The van der Waals surface area contributed by atoms with Gasteiger partial charge in [0.15, 0.2) is 18.0 Å². The SMILES string of the molecule is Nc1ncnc2c1c(SCCO)nn2[C@@H]1O[C@H](COS(N)(=O)=O)[C@@H](O)[C@@H]1F. The van der Waals surface area contributed by atoms with E-state index in [2.05, 4.69) is 19.2 Å². The molecule has 3 heterocycles. The van der Waals surface area contributed by atoms with E-state index < -0.39 is 41.5 Å². The standard InChI is InChI=1S/C12H17FN6O6S2/c13-7-8(21)5(3-24-27(15,22)23)25-12(7)19-10-6(9(14)16-4-17-10)11(18-19)26-2-1-20/h4-5,7-8,12,20-21H,1-3H2,(H2,14,16,17)(H2,15,22,23)/t5-,7+,8-,12-/m1/s1. The van der Waals surface area contributed by atoms with E-state index in [1.54, 1.807) is 0 Å². The Bertz CT molecular complexity index is 926. The average Bonchev–Trinajstić information content (AvgIpc) is 3.10. The van der Waals surface area contributed by atoms with E-state index in [0.717, 1.165) is 22.8 Å². The summed E-state index contributed by atoms with van der Waals surface area (Å²) in [4.78, 5) is 7.92. The molecule has 4 atom stereocenters. The molecule has 3 rings (SSSR count). The number of halogens is 1. The van der Waals surface area contributed by atoms with Gasteiger partial charge in [-0.2, -0.15) is 13.5 Å². The highest BCUT2D eigenvalue weighted by Crippen LogP contribution is 2.37. The predicted molar refractivity (Wildman–Crippen MR) is 91.4 cm³/mol. The zero-order chi connectivity index (χ0) is 19.8. The molecule has 0 unspecified atom stereocenters. The van der Waals surface area contributed by atoms with Crippen LogP contribution in [0.2, 0.25) is 0 Å². The van der Waals surface area contributed by atoms with Crippen LogP contribution in [0.25, 0.3) is 11.0 Å². The summed E-state index contributed by atoms with van der Waals surface area (Å²) in [6, 6.07) is 0. The second kappa shape index (κ2) is 7.78. The Balaban J connectivity index is 1.93. The van der Waals surface area contributed by atoms with Crippen LogP contribution in [-0.4, -0.2) is 75.7 Å². The molecule has 150 valence electrons. The normalized spacial score (nSPS) is 26.1. The Kier molecular flexibility index (Phi) is 5.80. The van der Waals surface area contributed by atoms with Crippen LogP contribution in [0.1, 0.15) is 6.23 Å². The van der Waals surface area contributed by atoms with Crippen molar-refractivity contribution in [3.05, 3.63) is 6.33 Å². The van der Waals surface area contributed by atoms with E-state index >= 15 is 0 Å². The number of alkyl halides is 1. The molecule has 0 bridgehead atoms. The van der Waals surface area contributed by atoms with Crippen molar-refractivity contribution in [2.75, 3.05) is 24.7 Å². The van der Waals surface area contributed by atoms with Gasteiger partial charge in [-0.25, -0.2) is 24.2 Å². The Morgan fingerprint density at radius 2 is 2.19 bits per heavy atom. The number of fused-ring (bicyclic) bond motifs is 1. The molecule has 12 nitrogen and oxygen atoms in total. The van der Waals surface area contributed by atoms with Gasteiger partial charge in [-0.3, -0.25) is 4.18 Å². The van der Waals surface area contributed by atoms with Crippen LogP contribution in [0.3, 0.4) is 0 Å². The Labute approximate surface area is 156 Å². The number of hydrogen-bond donors (Lipinski definition) is 4. The minimum Gasteiger partial charge on any atom is -0.396 e. The number of aliphatic hydroxyl groups excluding tert-OH is 2. The largest absolute Gasteiger partial charge is 0.396 e. The maximum absolute atomic E-state index is 14.6. The number of hydrogen-bond acceptors (Lipinski definition) is 11. The van der Waals surface area contributed by atoms with Crippen molar-refractivity contribution in [2.45, 2.75) is 29.6 Å². The summed E-state index contributed by atoms with van der Waals surface area (Å²) < 4.78 is 47.3. The molecule has 1 fully saturated rings. The fraction of sp³-hybridized carbons (Fsp3) is 0.583. The van der Waals surface area contributed by atoms with Crippen molar-refractivity contribution in [1.29, 1.82) is 0 Å². The molecule has 1 saturated heterocycles. The van der Waals surface area contributed by atoms with Gasteiger partial charge in [-0.05, 0) is 0 Å². The lowest BCUT2D eigenvalue weighted by atomic mass is 10.1. The molecule has 0 spiro atoms. The first-order valence-corrected chi connectivity index (χ1v) is 10.1. The first-order valence-electron chi connectivity index (χ1n) is 7.60. The van der Waals surface area contributed by atoms with Crippen LogP contribution in [-0.2, 0) is 19.2 Å². The van der Waals surface area contributed by atoms with E-state index in [4.69, 9.17) is 20.7 Å². The third-order valence-corrected chi connectivity index (χ3v) is 5.16. The van der Waals surface area contributed by atoms with E-state index in [1.807, 2.05) is 0 Å². The average molecular weight is 424 g/mol. The molecule has 2 aromatic rings. The molecular weight excluding hydrogens is 407 g/mol. The summed E-state index contributed by atoms with van der Waals surface area (Å²) in [7, 11) is -4.28. The van der Waals surface area contributed by atoms with Gasteiger partial charge in [0.1, 0.15) is 29.4 Å². The van der Waals surface area contributed by atoms with Gasteiger partial charge in [0.25, 0.3) is 0 Å². The molecule has 0 amide bonds. The second-order valence-electron chi connectivity index (χ2n) is 5.56. The van der Waals surface area contributed by atoms with Gasteiger partial charge in [0, 0.05) is 5.75 Å². The number of rotatable bonds is 7. The summed E-state index contributed by atoms with van der Waals surface area (Å²) >= 11 is 1.16. The zero-order valence-corrected chi connectivity index (χ0v) is 15.3. The number of nitrogens with zero attached hydrogens (tertiary/aromatic N) is 4. The number of aromatic nitrogens is 4. The lowest BCUT2D eigenvalue weighted by Crippen LogP contribution is -2.33. The van der Waals surface area contributed by atoms with E-state index in [9.17, 15) is 17.9 Å². The number of nitrogen functional groups attached to an aromatic ring is 1. The molecule has 1 aliphatic rings. The van der Waals surface area contributed by atoms with Crippen molar-refractivity contribution in [3.63, 3.8) is 0 Å². The third kappa shape index (κ3) is 4.13. The van der Waals surface area contributed by atoms with Crippen LogP contribution in [0.4, 0.5) is 10.2 Å². The quantitative estimate of drug-likeness (QED) is 0.371. The van der Waals surface area contributed by atoms with Crippen LogP contribution in [0, 0.1) is 0 Å². The van der Waals surface area contributed by atoms with Gasteiger partial charge in [-0.15, -0.1) is 11.8 Å². The molecule has 0 radical (unpaired) electrons. The molecule has 27 heavy (non-hydrogen) atoms. The number of ether oxygens (including phenoxy) is 1. The molecular formula is C12H17FN6O6S2. The predicted octanol–water partition coefficient (Wildman–Crippen LogP) is -1.69. The summed E-state index contributed by atoms with van der Waals surface area (Å²) in [5.41, 5.74) is 6.02. The summed E-state index contributed by atoms with van der Waals surface area (Å²) in [6.45, 7) is -0.788. The maximum atomic E-state index is 14.6. The Hall–Kier alpha value is -1.62. The topological polar surface area (TPSA) is 189 Å². The van der Waals surface area contributed by atoms with Crippen LogP contribution in [0.5, 0.6) is 0 Å². The molecule has 6 N–H and O–H groups in total. The molecule has 15 heteroatoms. The first-order chi connectivity index (χ1) is 12.7. The molecule has 0 aliphatic carbocycles. The highest BCUT2D eigenvalue weighted by molar-refractivity contribution is 7.99. The monoisotopic (exact) mass is 424 g/mol. The summed E-state index contributed by atoms with van der Waals surface area (Å²) in [5, 5.41) is 28.7. The fourth-order valence-corrected chi connectivity index (χ4v) is 3.68. The number of nitrogens with two attached hydrogens (primary N) is 2. The fourth-order valence-electron chi connectivity index (χ4n) is 2.58. The molecule has 1 aliphatic heterocycles. The summed E-state index contributed by atoms with van der Waals surface area (Å²) in [6.07, 6.45) is -5.17. The van der Waals surface area contributed by atoms with Crippen LogP contribution in [0.15, 0.2) is 11.4 Å². The van der Waals surface area contributed by atoms with Crippen molar-refractivity contribution in [2.24, 2.45) is 5.14 Å². The smallest absolute Gasteiger partial charge is 0.333 e. The lowest BCUT2D eigenvalue weighted by molar-refractivity contribution is -0.0456. The minimum atomic E-state index is -4.28. The van der Waals surface area contributed by atoms with Gasteiger partial charge in [0.05, 0.1) is 18.6 Å². The van der Waals surface area contributed by atoms with Gasteiger partial charge >= 0.3 is 10.3 Å². The van der Waals surface area contributed by atoms with Crippen LogP contribution < -0.4 is 10.9 Å². The van der Waals surface area contributed by atoms with E-state index in [1.165, 1.54) is 0 Å². The second-order valence-corrected chi connectivity index (χ2v) is 7.86. The Morgan fingerprint density at radius 3 is 2.85 bits per heavy atom. The van der Waals surface area contributed by atoms with Crippen LogP contribution >= 0.6 is 11.8 Å². The zero-order valence-electron chi connectivity index (χ0n) is 13.7. The molecule has 0 aromatic carbocycles. The third-order valence-electron chi connectivity index (χ3n) is 3.75. The Morgan fingerprint density at radius 1 is 1.44 bits per heavy atom. The van der Waals surface area contributed by atoms with Crippen molar-refractivity contribution >= 4 is 38.9 Å². The number of aliphatic hydroxyl groups is 2. The van der Waals surface area contributed by atoms with Crippen molar-refractivity contribution < 1.29 is 31.9 Å². The maximum Gasteiger partial charge on any atom is 0.333 e. The molecule has 0 saturated carbocycles. The molecule has 2 aromatic heterocycles. The number of anilines is 1. The van der Waals surface area contributed by atoms with Gasteiger partial charge in [0.2, 0.25) is 0 Å². The van der Waals surface area contributed by atoms with E-state index in [0.29, 0.717) is 16.2 Å². The van der Waals surface area contributed by atoms with E-state index in [-0.39, 0.29) is 18.1 Å². The van der Waals surface area contributed by atoms with Crippen molar-refractivity contribution in [1.82, 2.24) is 19.7 Å².